The van der Waals surface area contributed by atoms with Gasteiger partial charge in [0.05, 0.1) is 0 Å². The Bertz CT molecular complexity index is 318. The van der Waals surface area contributed by atoms with E-state index in [9.17, 15) is 14.4 Å². The molecule has 2 fully saturated rings. The van der Waals surface area contributed by atoms with Crippen LogP contribution >= 0.6 is 0 Å². The Morgan fingerprint density at radius 2 is 2.06 bits per heavy atom. The molecular weight excluding hydrogens is 210 g/mol. The van der Waals surface area contributed by atoms with Gasteiger partial charge in [-0.25, -0.2) is 4.79 Å². The molecule has 0 bridgehead atoms. The summed E-state index contributed by atoms with van der Waals surface area (Å²) in [5.41, 5.74) is 0. The van der Waals surface area contributed by atoms with Gasteiger partial charge in [-0.3, -0.25) is 19.8 Å². The largest absolute Gasteiger partial charge is 0.330 e. The number of likely N-dealkylation sites (N-methyl/N-ethyl adjacent to an activating group) is 1. The molecule has 1 saturated carbocycles. The first-order valence-corrected chi connectivity index (χ1v) is 5.42. The summed E-state index contributed by atoms with van der Waals surface area (Å²) in [7, 11) is 1.98. The Hall–Kier alpha value is -1.43. The molecule has 2 aliphatic rings. The average Bonchev–Trinajstić information content (AvgIpc) is 2.98. The van der Waals surface area contributed by atoms with Gasteiger partial charge in [0.25, 0.3) is 0 Å². The van der Waals surface area contributed by atoms with Crippen LogP contribution in [0, 0.1) is 0 Å². The number of carbonyl (C=O) groups is 3. The third kappa shape index (κ3) is 2.38. The number of barbiturate groups is 1. The van der Waals surface area contributed by atoms with E-state index < -0.39 is 17.8 Å². The van der Waals surface area contributed by atoms with Gasteiger partial charge in [-0.2, -0.15) is 0 Å². The predicted molar refractivity (Wildman–Crippen MR) is 55.5 cm³/mol. The second kappa shape index (κ2) is 4.21. The van der Waals surface area contributed by atoms with E-state index in [4.69, 9.17) is 0 Å². The molecule has 2 rings (SSSR count). The quantitative estimate of drug-likeness (QED) is 0.658. The molecule has 4 amide bonds. The Balaban J connectivity index is 1.85. The van der Waals surface area contributed by atoms with Crippen molar-refractivity contribution in [3.63, 3.8) is 0 Å². The highest BCUT2D eigenvalue weighted by atomic mass is 16.2. The van der Waals surface area contributed by atoms with Crippen LogP contribution in [0.5, 0.6) is 0 Å². The van der Waals surface area contributed by atoms with Gasteiger partial charge in [0.2, 0.25) is 11.8 Å². The minimum atomic E-state index is -0.592. The molecule has 0 unspecified atom stereocenters. The molecule has 0 atom stereocenters. The maximum absolute atomic E-state index is 11.4. The van der Waals surface area contributed by atoms with E-state index in [1.54, 1.807) is 0 Å². The second-order valence-electron chi connectivity index (χ2n) is 4.29. The lowest BCUT2D eigenvalue weighted by Crippen LogP contribution is -2.54. The van der Waals surface area contributed by atoms with Crippen molar-refractivity contribution in [2.75, 3.05) is 20.1 Å². The van der Waals surface area contributed by atoms with E-state index in [1.165, 1.54) is 12.8 Å². The van der Waals surface area contributed by atoms with Crippen molar-refractivity contribution in [1.29, 1.82) is 0 Å². The molecule has 16 heavy (non-hydrogen) atoms. The van der Waals surface area contributed by atoms with Crippen LogP contribution in [-0.4, -0.2) is 53.8 Å². The number of nitrogens with one attached hydrogen (secondary N) is 1. The molecule has 1 saturated heterocycles. The van der Waals surface area contributed by atoms with Crippen molar-refractivity contribution >= 4 is 17.8 Å². The van der Waals surface area contributed by atoms with Crippen molar-refractivity contribution < 1.29 is 14.4 Å². The molecule has 6 heteroatoms. The van der Waals surface area contributed by atoms with E-state index in [-0.39, 0.29) is 6.42 Å². The zero-order valence-corrected chi connectivity index (χ0v) is 9.23. The highest BCUT2D eigenvalue weighted by molar-refractivity contribution is 6.14. The zero-order chi connectivity index (χ0) is 11.7. The third-order valence-electron chi connectivity index (χ3n) is 2.95. The lowest BCUT2D eigenvalue weighted by molar-refractivity contribution is -0.136. The molecule has 0 aromatic rings. The Morgan fingerprint density at radius 3 is 2.62 bits per heavy atom. The van der Waals surface area contributed by atoms with E-state index in [0.717, 1.165) is 4.90 Å². The first-order valence-electron chi connectivity index (χ1n) is 5.42. The molecule has 0 aromatic heterocycles. The van der Waals surface area contributed by atoms with Crippen LogP contribution in [0.2, 0.25) is 0 Å². The van der Waals surface area contributed by atoms with Gasteiger partial charge in [-0.15, -0.1) is 0 Å². The molecule has 0 radical (unpaired) electrons. The summed E-state index contributed by atoms with van der Waals surface area (Å²) in [4.78, 5) is 36.9. The average molecular weight is 225 g/mol. The van der Waals surface area contributed by atoms with Crippen LogP contribution in [0.4, 0.5) is 4.79 Å². The van der Waals surface area contributed by atoms with Crippen molar-refractivity contribution in [3.8, 4) is 0 Å². The molecule has 0 aromatic carbocycles. The second-order valence-corrected chi connectivity index (χ2v) is 4.29. The Labute approximate surface area is 93.6 Å². The normalized spacial score (nSPS) is 21.6. The minimum Gasteiger partial charge on any atom is -0.302 e. The summed E-state index contributed by atoms with van der Waals surface area (Å²) < 4.78 is 0. The predicted octanol–water partition coefficient (Wildman–Crippen LogP) is -0.451. The summed E-state index contributed by atoms with van der Waals surface area (Å²) in [6.07, 6.45) is 2.16. The minimum absolute atomic E-state index is 0.223. The van der Waals surface area contributed by atoms with Gasteiger partial charge in [-0.05, 0) is 19.9 Å². The first kappa shape index (κ1) is 11.1. The fourth-order valence-electron chi connectivity index (χ4n) is 1.76. The summed E-state index contributed by atoms with van der Waals surface area (Å²) in [5, 5.41) is 2.14. The van der Waals surface area contributed by atoms with Gasteiger partial charge in [-0.1, -0.05) is 0 Å². The van der Waals surface area contributed by atoms with Crippen molar-refractivity contribution in [2.24, 2.45) is 0 Å². The van der Waals surface area contributed by atoms with Crippen molar-refractivity contribution in [2.45, 2.75) is 25.3 Å². The van der Waals surface area contributed by atoms with Gasteiger partial charge >= 0.3 is 6.03 Å². The summed E-state index contributed by atoms with van der Waals surface area (Å²) in [6, 6.07) is 0.00929. The number of amides is 4. The molecule has 1 aliphatic heterocycles. The molecular formula is C10H15N3O3. The topological polar surface area (TPSA) is 69.7 Å². The smallest absolute Gasteiger partial charge is 0.302 e. The van der Waals surface area contributed by atoms with Crippen molar-refractivity contribution in [3.05, 3.63) is 0 Å². The lowest BCUT2D eigenvalue weighted by Gasteiger charge is -2.26. The number of hydrogen-bond acceptors (Lipinski definition) is 4. The van der Waals surface area contributed by atoms with Crippen LogP contribution in [-0.2, 0) is 9.59 Å². The highest BCUT2D eigenvalue weighted by Crippen LogP contribution is 2.24. The van der Waals surface area contributed by atoms with Gasteiger partial charge in [0.15, 0.2) is 0 Å². The summed E-state index contributed by atoms with van der Waals surface area (Å²) >= 11 is 0. The molecule has 88 valence electrons. The first-order chi connectivity index (χ1) is 7.58. The summed E-state index contributed by atoms with van der Waals surface area (Å²) in [5.74, 6) is -0.917. The molecule has 6 nitrogen and oxygen atoms in total. The monoisotopic (exact) mass is 225 g/mol. The molecule has 1 aliphatic carbocycles. The molecule has 1 N–H and O–H groups in total. The molecule has 0 spiro atoms. The maximum atomic E-state index is 11.4. The van der Waals surface area contributed by atoms with Crippen LogP contribution in [0.15, 0.2) is 0 Å². The Morgan fingerprint density at radius 1 is 1.38 bits per heavy atom. The van der Waals surface area contributed by atoms with Crippen LogP contribution < -0.4 is 5.32 Å². The highest BCUT2D eigenvalue weighted by Gasteiger charge is 2.32. The van der Waals surface area contributed by atoms with Gasteiger partial charge < -0.3 is 4.90 Å². The fraction of sp³-hybridized carbons (Fsp3) is 0.700. The van der Waals surface area contributed by atoms with Crippen LogP contribution in [0.25, 0.3) is 0 Å². The number of urea groups is 1. The zero-order valence-electron chi connectivity index (χ0n) is 9.23. The third-order valence-corrected chi connectivity index (χ3v) is 2.95. The standard InChI is InChI=1S/C10H15N3O3/c1-12(7-2-3-7)4-5-13-9(15)6-8(14)11-10(13)16/h7H,2-6H2,1H3,(H,11,14,16). The van der Waals surface area contributed by atoms with Crippen LogP contribution in [0.3, 0.4) is 0 Å². The van der Waals surface area contributed by atoms with E-state index in [2.05, 4.69) is 10.2 Å². The van der Waals surface area contributed by atoms with E-state index in [0.29, 0.717) is 19.1 Å². The van der Waals surface area contributed by atoms with Crippen molar-refractivity contribution in [1.82, 2.24) is 15.1 Å². The number of imide groups is 2. The van der Waals surface area contributed by atoms with Crippen LogP contribution in [0.1, 0.15) is 19.3 Å². The fourth-order valence-corrected chi connectivity index (χ4v) is 1.76. The summed E-state index contributed by atoms with van der Waals surface area (Å²) in [6.45, 7) is 1.02. The SMILES string of the molecule is CN(CCN1C(=O)CC(=O)NC1=O)C1CC1. The Kier molecular flexibility index (Phi) is 2.91. The number of hydrogen-bond donors (Lipinski definition) is 1. The lowest BCUT2D eigenvalue weighted by atomic mass is 10.3. The molecule has 1 heterocycles. The maximum Gasteiger partial charge on any atom is 0.330 e. The number of carbonyl (C=O) groups excluding carboxylic acids is 3. The number of rotatable bonds is 4. The van der Waals surface area contributed by atoms with E-state index >= 15 is 0 Å². The van der Waals surface area contributed by atoms with Gasteiger partial charge in [0, 0.05) is 19.1 Å². The number of nitrogens with zero attached hydrogens (tertiary/aromatic N) is 2. The van der Waals surface area contributed by atoms with E-state index in [1.807, 2.05) is 7.05 Å². The van der Waals surface area contributed by atoms with Gasteiger partial charge in [0.1, 0.15) is 6.42 Å².